The molecule has 1 saturated heterocycles. The molecule has 0 saturated carbocycles. The molecule has 1 aliphatic heterocycles. The summed E-state index contributed by atoms with van der Waals surface area (Å²) in [6.07, 6.45) is 3.05. The van der Waals surface area contributed by atoms with E-state index in [0.717, 1.165) is 32.1 Å². The minimum atomic E-state index is -0.548. The highest BCUT2D eigenvalue weighted by molar-refractivity contribution is 9.10. The van der Waals surface area contributed by atoms with Crippen molar-refractivity contribution in [3.8, 4) is 5.75 Å². The molecule has 0 amide bonds. The number of rotatable bonds is 5. The SMILES string of the molecule is COC1(c2cc(F)cc(OCc3ccc4c(Br)cc5nncn5c4c3)c2)CCOCC1. The molecule has 0 spiro atoms. The van der Waals surface area contributed by atoms with Crippen LogP contribution in [-0.4, -0.2) is 34.9 Å². The first kappa shape index (κ1) is 20.4. The minimum Gasteiger partial charge on any atom is -0.489 e. The van der Waals surface area contributed by atoms with Crippen LogP contribution in [0.3, 0.4) is 0 Å². The molecular formula is C23H21BrFN3O3. The minimum absolute atomic E-state index is 0.304. The van der Waals surface area contributed by atoms with Crippen LogP contribution in [0.25, 0.3) is 16.6 Å². The molecule has 160 valence electrons. The maximum atomic E-state index is 14.4. The molecule has 0 bridgehead atoms. The monoisotopic (exact) mass is 485 g/mol. The van der Waals surface area contributed by atoms with Crippen LogP contribution in [0.5, 0.6) is 5.75 Å². The summed E-state index contributed by atoms with van der Waals surface area (Å²) >= 11 is 3.59. The van der Waals surface area contributed by atoms with E-state index in [1.807, 2.05) is 34.7 Å². The van der Waals surface area contributed by atoms with E-state index in [1.165, 1.54) is 12.1 Å². The summed E-state index contributed by atoms with van der Waals surface area (Å²) in [7, 11) is 1.66. The van der Waals surface area contributed by atoms with Crippen molar-refractivity contribution in [1.82, 2.24) is 14.6 Å². The predicted molar refractivity (Wildman–Crippen MR) is 118 cm³/mol. The van der Waals surface area contributed by atoms with E-state index in [1.54, 1.807) is 13.4 Å². The summed E-state index contributed by atoms with van der Waals surface area (Å²) < 4.78 is 34.6. The van der Waals surface area contributed by atoms with E-state index in [-0.39, 0.29) is 5.82 Å². The fourth-order valence-electron chi connectivity index (χ4n) is 4.17. The molecule has 3 heterocycles. The quantitative estimate of drug-likeness (QED) is 0.397. The summed E-state index contributed by atoms with van der Waals surface area (Å²) in [5.74, 6) is 0.130. The van der Waals surface area contributed by atoms with Crippen LogP contribution in [0.15, 0.2) is 53.3 Å². The molecule has 0 radical (unpaired) electrons. The summed E-state index contributed by atoms with van der Waals surface area (Å²) in [4.78, 5) is 0. The summed E-state index contributed by atoms with van der Waals surface area (Å²) in [5.41, 5.74) is 2.92. The Kier molecular flexibility index (Phi) is 5.37. The van der Waals surface area contributed by atoms with Crippen molar-refractivity contribution < 1.29 is 18.6 Å². The Labute approximate surface area is 187 Å². The number of fused-ring (bicyclic) bond motifs is 3. The molecule has 5 rings (SSSR count). The van der Waals surface area contributed by atoms with E-state index >= 15 is 0 Å². The largest absolute Gasteiger partial charge is 0.489 e. The lowest BCUT2D eigenvalue weighted by atomic mass is 9.86. The van der Waals surface area contributed by atoms with Crippen LogP contribution in [0.1, 0.15) is 24.0 Å². The van der Waals surface area contributed by atoms with E-state index in [4.69, 9.17) is 14.2 Å². The van der Waals surface area contributed by atoms with Gasteiger partial charge in [-0.05, 0) is 51.3 Å². The molecule has 0 atom stereocenters. The molecule has 2 aromatic carbocycles. The molecule has 1 aliphatic rings. The van der Waals surface area contributed by atoms with Gasteiger partial charge in [-0.25, -0.2) is 4.39 Å². The lowest BCUT2D eigenvalue weighted by Crippen LogP contribution is -2.35. The van der Waals surface area contributed by atoms with Crippen LogP contribution in [0.4, 0.5) is 4.39 Å². The van der Waals surface area contributed by atoms with Gasteiger partial charge in [0, 0.05) is 49.1 Å². The standard InChI is InChI=1S/C23H21BrFN3O3/c1-29-23(4-6-30-7-5-23)16-9-17(25)11-18(10-16)31-13-15-2-3-19-20(24)12-22-27-26-14-28(22)21(19)8-15/h2-3,8-12,14H,4-7,13H2,1H3. The van der Waals surface area contributed by atoms with Gasteiger partial charge in [0.1, 0.15) is 24.5 Å². The molecule has 0 N–H and O–H groups in total. The van der Waals surface area contributed by atoms with E-state index < -0.39 is 5.60 Å². The number of hydrogen-bond acceptors (Lipinski definition) is 5. The van der Waals surface area contributed by atoms with Gasteiger partial charge in [0.25, 0.3) is 0 Å². The molecule has 0 aliphatic carbocycles. The second-order valence-corrected chi connectivity index (χ2v) is 8.53. The highest BCUT2D eigenvalue weighted by atomic mass is 79.9. The Hall–Kier alpha value is -2.55. The van der Waals surface area contributed by atoms with Crippen LogP contribution in [-0.2, 0) is 21.7 Å². The van der Waals surface area contributed by atoms with Crippen molar-refractivity contribution in [2.24, 2.45) is 0 Å². The topological polar surface area (TPSA) is 57.9 Å². The van der Waals surface area contributed by atoms with Gasteiger partial charge in [-0.3, -0.25) is 4.40 Å². The fourth-order valence-corrected chi connectivity index (χ4v) is 4.71. The summed E-state index contributed by atoms with van der Waals surface area (Å²) in [6.45, 7) is 1.48. The van der Waals surface area contributed by atoms with Gasteiger partial charge in [0.15, 0.2) is 5.65 Å². The van der Waals surface area contributed by atoms with Gasteiger partial charge in [0.05, 0.1) is 11.1 Å². The number of halogens is 2. The Bertz CT molecular complexity index is 1250. The molecule has 1 fully saturated rings. The Balaban J connectivity index is 1.43. The third kappa shape index (κ3) is 3.79. The number of hydrogen-bond donors (Lipinski definition) is 0. The van der Waals surface area contributed by atoms with Crippen molar-refractivity contribution >= 4 is 32.5 Å². The Morgan fingerprint density at radius 1 is 1.16 bits per heavy atom. The van der Waals surface area contributed by atoms with Crippen molar-refractivity contribution in [3.05, 3.63) is 70.2 Å². The third-order valence-corrected chi connectivity index (χ3v) is 6.56. The highest BCUT2D eigenvalue weighted by Gasteiger charge is 2.35. The maximum Gasteiger partial charge on any atom is 0.162 e. The Morgan fingerprint density at radius 3 is 2.81 bits per heavy atom. The maximum absolute atomic E-state index is 14.4. The zero-order valence-electron chi connectivity index (χ0n) is 17.0. The van der Waals surface area contributed by atoms with Crippen LogP contribution < -0.4 is 4.74 Å². The lowest BCUT2D eigenvalue weighted by Gasteiger charge is -2.36. The van der Waals surface area contributed by atoms with Crippen molar-refractivity contribution in [1.29, 1.82) is 0 Å². The van der Waals surface area contributed by atoms with Crippen molar-refractivity contribution in [3.63, 3.8) is 0 Å². The third-order valence-electron chi connectivity index (χ3n) is 5.90. The second kappa shape index (κ2) is 8.18. The van der Waals surface area contributed by atoms with Gasteiger partial charge < -0.3 is 14.2 Å². The molecule has 8 heteroatoms. The number of aromatic nitrogens is 3. The predicted octanol–water partition coefficient (Wildman–Crippen LogP) is 5.02. The van der Waals surface area contributed by atoms with Gasteiger partial charge in [0.2, 0.25) is 0 Å². The number of ether oxygens (including phenoxy) is 3. The molecular weight excluding hydrogens is 465 g/mol. The van der Waals surface area contributed by atoms with Crippen molar-refractivity contribution in [2.45, 2.75) is 25.0 Å². The van der Waals surface area contributed by atoms with E-state index in [9.17, 15) is 4.39 Å². The average Bonchev–Trinajstić information content (AvgIpc) is 3.26. The number of nitrogens with zero attached hydrogens (tertiary/aromatic N) is 3. The van der Waals surface area contributed by atoms with Gasteiger partial charge in [-0.2, -0.15) is 0 Å². The number of pyridine rings is 1. The second-order valence-electron chi connectivity index (χ2n) is 7.68. The smallest absolute Gasteiger partial charge is 0.162 e. The van der Waals surface area contributed by atoms with Crippen LogP contribution in [0.2, 0.25) is 0 Å². The zero-order valence-corrected chi connectivity index (χ0v) is 18.6. The van der Waals surface area contributed by atoms with E-state index in [0.29, 0.717) is 38.4 Å². The highest BCUT2D eigenvalue weighted by Crippen LogP contribution is 2.37. The van der Waals surface area contributed by atoms with E-state index in [2.05, 4.69) is 26.1 Å². The first-order chi connectivity index (χ1) is 15.1. The summed E-state index contributed by atoms with van der Waals surface area (Å²) in [5, 5.41) is 9.16. The van der Waals surface area contributed by atoms with Gasteiger partial charge >= 0.3 is 0 Å². The van der Waals surface area contributed by atoms with Crippen LogP contribution >= 0.6 is 15.9 Å². The van der Waals surface area contributed by atoms with Gasteiger partial charge in [-0.1, -0.05) is 12.1 Å². The molecule has 31 heavy (non-hydrogen) atoms. The summed E-state index contributed by atoms with van der Waals surface area (Å²) in [6, 6.07) is 12.8. The number of methoxy groups -OCH3 is 1. The van der Waals surface area contributed by atoms with Crippen LogP contribution in [0, 0.1) is 5.82 Å². The lowest BCUT2D eigenvalue weighted by molar-refractivity contribution is -0.0950. The zero-order chi connectivity index (χ0) is 21.4. The average molecular weight is 486 g/mol. The first-order valence-electron chi connectivity index (χ1n) is 10.1. The first-order valence-corrected chi connectivity index (χ1v) is 10.8. The van der Waals surface area contributed by atoms with Crippen molar-refractivity contribution in [2.75, 3.05) is 20.3 Å². The fraction of sp³-hybridized carbons (Fsp3) is 0.304. The molecule has 4 aromatic rings. The molecule has 0 unspecified atom stereocenters. The molecule has 2 aromatic heterocycles. The van der Waals surface area contributed by atoms with Gasteiger partial charge in [-0.15, -0.1) is 10.2 Å². The Morgan fingerprint density at radius 2 is 2.00 bits per heavy atom. The number of benzene rings is 2. The molecule has 6 nitrogen and oxygen atoms in total. The normalized spacial score (nSPS) is 16.1.